The summed E-state index contributed by atoms with van der Waals surface area (Å²) < 4.78 is 6.41. The van der Waals surface area contributed by atoms with Gasteiger partial charge >= 0.3 is 0 Å². The van der Waals surface area contributed by atoms with E-state index < -0.39 is 42.5 Å². The lowest BCUT2D eigenvalue weighted by atomic mass is 10.0. The number of fused-ring (bicyclic) bond motifs is 1. The number of nitrogens with two attached hydrogens (primary N) is 1. The molecule has 2 aromatic rings. The molecular weight excluding hydrogens is 388 g/mol. The highest BCUT2D eigenvalue weighted by atomic mass is 16.6. The van der Waals surface area contributed by atoms with Gasteiger partial charge in [-0.1, -0.05) is 13.3 Å². The Hall–Kier alpha value is -2.71. The number of anilines is 1. The van der Waals surface area contributed by atoms with Crippen molar-refractivity contribution in [1.29, 1.82) is 0 Å². The molecule has 1 fully saturated rings. The lowest BCUT2D eigenvalue weighted by molar-refractivity contribution is -0.172. The van der Waals surface area contributed by atoms with Crippen LogP contribution < -0.4 is 10.8 Å². The van der Waals surface area contributed by atoms with Crippen LogP contribution in [-0.4, -0.2) is 76.8 Å². The maximum atomic E-state index is 12.3. The Morgan fingerprint density at radius 1 is 1.34 bits per heavy atom. The SMILES string of the molecule is CCCCC(=O)N(O)c1ncnc2c1ncn2[C@]1(C(N)=O)O[C@H](CO)[C@@H](O)[C@H]1O. The predicted octanol–water partition coefficient (Wildman–Crippen LogP) is -2.01. The van der Waals surface area contributed by atoms with E-state index in [9.17, 15) is 30.1 Å². The van der Waals surface area contributed by atoms with E-state index in [1.807, 2.05) is 6.92 Å². The first-order valence-electron chi connectivity index (χ1n) is 8.94. The first-order valence-corrected chi connectivity index (χ1v) is 8.94. The fourth-order valence-electron chi connectivity index (χ4n) is 3.24. The number of primary amides is 1. The van der Waals surface area contributed by atoms with Crippen molar-refractivity contribution < 1.29 is 34.9 Å². The Kier molecular flexibility index (Phi) is 5.77. The average Bonchev–Trinajstić information content (AvgIpc) is 3.25. The maximum absolute atomic E-state index is 12.3. The number of hydroxylamine groups is 1. The van der Waals surface area contributed by atoms with E-state index in [0.29, 0.717) is 11.5 Å². The molecule has 6 N–H and O–H groups in total. The Labute approximate surface area is 164 Å². The van der Waals surface area contributed by atoms with Crippen LogP contribution in [0.2, 0.25) is 0 Å². The zero-order valence-corrected chi connectivity index (χ0v) is 15.5. The van der Waals surface area contributed by atoms with Crippen LogP contribution in [0.5, 0.6) is 0 Å². The lowest BCUT2D eigenvalue weighted by Crippen LogP contribution is -2.54. The molecule has 0 aromatic carbocycles. The minimum Gasteiger partial charge on any atom is -0.394 e. The van der Waals surface area contributed by atoms with E-state index in [4.69, 9.17) is 10.5 Å². The third-order valence-electron chi connectivity index (χ3n) is 4.82. The van der Waals surface area contributed by atoms with E-state index in [-0.39, 0.29) is 23.4 Å². The summed E-state index contributed by atoms with van der Waals surface area (Å²) in [5.74, 6) is -2.01. The number of rotatable bonds is 7. The van der Waals surface area contributed by atoms with E-state index in [2.05, 4.69) is 15.0 Å². The fraction of sp³-hybridized carbons (Fsp3) is 0.562. The zero-order chi connectivity index (χ0) is 21.3. The number of aliphatic hydroxyl groups excluding tert-OH is 3. The highest BCUT2D eigenvalue weighted by Crippen LogP contribution is 2.38. The number of aromatic nitrogens is 4. The van der Waals surface area contributed by atoms with Crippen molar-refractivity contribution >= 4 is 28.8 Å². The van der Waals surface area contributed by atoms with Crippen LogP contribution in [0.15, 0.2) is 12.7 Å². The molecule has 0 saturated carbocycles. The largest absolute Gasteiger partial charge is 0.394 e. The van der Waals surface area contributed by atoms with Crippen molar-refractivity contribution in [3.8, 4) is 0 Å². The van der Waals surface area contributed by atoms with Crippen molar-refractivity contribution in [2.45, 2.75) is 50.2 Å². The van der Waals surface area contributed by atoms with Gasteiger partial charge in [-0.15, -0.1) is 0 Å². The molecule has 158 valence electrons. The van der Waals surface area contributed by atoms with E-state index in [0.717, 1.165) is 23.6 Å². The van der Waals surface area contributed by atoms with Gasteiger partial charge in [0.1, 0.15) is 31.0 Å². The predicted molar refractivity (Wildman–Crippen MR) is 95.3 cm³/mol. The normalized spacial score (nSPS) is 26.7. The van der Waals surface area contributed by atoms with Gasteiger partial charge in [0.2, 0.25) is 0 Å². The van der Waals surface area contributed by atoms with Crippen LogP contribution in [-0.2, 0) is 20.1 Å². The maximum Gasteiger partial charge on any atom is 0.274 e. The number of unbranched alkanes of at least 4 members (excludes halogenated alkanes) is 1. The van der Waals surface area contributed by atoms with Gasteiger partial charge in [0.05, 0.1) is 6.61 Å². The van der Waals surface area contributed by atoms with Crippen molar-refractivity contribution in [3.63, 3.8) is 0 Å². The van der Waals surface area contributed by atoms with E-state index >= 15 is 0 Å². The highest BCUT2D eigenvalue weighted by Gasteiger charge is 2.60. The second kappa shape index (κ2) is 7.96. The first kappa shape index (κ1) is 21.0. The van der Waals surface area contributed by atoms with Crippen LogP contribution in [0.4, 0.5) is 5.82 Å². The van der Waals surface area contributed by atoms with Gasteiger partial charge in [-0.25, -0.2) is 15.0 Å². The molecular formula is C16H22N6O7. The molecule has 2 amide bonds. The molecule has 13 nitrogen and oxygen atoms in total. The Balaban J connectivity index is 2.10. The van der Waals surface area contributed by atoms with Gasteiger partial charge in [-0.05, 0) is 6.42 Å². The minimum absolute atomic E-state index is 0.0711. The van der Waals surface area contributed by atoms with Crippen molar-refractivity contribution in [2.75, 3.05) is 11.7 Å². The number of nitrogens with zero attached hydrogens (tertiary/aromatic N) is 5. The summed E-state index contributed by atoms with van der Waals surface area (Å²) in [6.07, 6.45) is -1.30. The summed E-state index contributed by atoms with van der Waals surface area (Å²) in [4.78, 5) is 36.3. The molecule has 3 rings (SSSR count). The minimum atomic E-state index is -2.32. The Bertz CT molecular complexity index is 920. The first-order chi connectivity index (χ1) is 13.8. The van der Waals surface area contributed by atoms with Crippen LogP contribution in [0.1, 0.15) is 26.2 Å². The molecule has 29 heavy (non-hydrogen) atoms. The number of carbonyl (C=O) groups excluding carboxylic acids is 2. The molecule has 0 spiro atoms. The standard InChI is InChI=1S/C16H22N6O7/c1-2-3-4-9(24)22(28)14-10-13(18-6-19-14)21(7-20-10)16(15(17)27)12(26)11(25)8(5-23)29-16/h6-8,11-12,23,25-26,28H,2-5H2,1H3,(H2,17,27)/t8-,11-,12-,16+/m1/s1. The van der Waals surface area contributed by atoms with Crippen LogP contribution in [0.3, 0.4) is 0 Å². The number of carbonyl (C=O) groups is 2. The third-order valence-corrected chi connectivity index (χ3v) is 4.82. The molecule has 1 saturated heterocycles. The summed E-state index contributed by atoms with van der Waals surface area (Å²) >= 11 is 0. The second-order valence-electron chi connectivity index (χ2n) is 6.63. The monoisotopic (exact) mass is 410 g/mol. The third kappa shape index (κ3) is 3.22. The van der Waals surface area contributed by atoms with Gasteiger partial charge < -0.3 is 25.8 Å². The summed E-state index contributed by atoms with van der Waals surface area (Å²) in [6.45, 7) is 1.21. The van der Waals surface area contributed by atoms with Crippen molar-refractivity contribution in [2.24, 2.45) is 5.73 Å². The molecule has 0 bridgehead atoms. The molecule has 3 heterocycles. The molecule has 0 unspecified atom stereocenters. The summed E-state index contributed by atoms with van der Waals surface area (Å²) in [5, 5.41) is 40.5. The molecule has 13 heteroatoms. The topological polar surface area (TPSA) is 197 Å². The van der Waals surface area contributed by atoms with Gasteiger partial charge in [-0.2, -0.15) is 5.06 Å². The smallest absolute Gasteiger partial charge is 0.274 e. The van der Waals surface area contributed by atoms with Gasteiger partial charge in [-0.3, -0.25) is 19.4 Å². The van der Waals surface area contributed by atoms with Crippen LogP contribution >= 0.6 is 0 Å². The number of imidazole rings is 1. The summed E-state index contributed by atoms with van der Waals surface area (Å²) in [7, 11) is 0. The zero-order valence-electron chi connectivity index (χ0n) is 15.5. The Morgan fingerprint density at radius 2 is 2.07 bits per heavy atom. The van der Waals surface area contributed by atoms with Gasteiger partial charge in [0, 0.05) is 6.42 Å². The van der Waals surface area contributed by atoms with Crippen molar-refractivity contribution in [1.82, 2.24) is 19.5 Å². The number of amides is 2. The van der Waals surface area contributed by atoms with Gasteiger partial charge in [0.25, 0.3) is 17.5 Å². The number of aliphatic hydroxyl groups is 3. The fourth-order valence-corrected chi connectivity index (χ4v) is 3.24. The quantitative estimate of drug-likeness (QED) is 0.251. The molecule has 2 aromatic heterocycles. The molecule has 1 aliphatic rings. The number of hydrogen-bond donors (Lipinski definition) is 5. The second-order valence-corrected chi connectivity index (χ2v) is 6.63. The molecule has 4 atom stereocenters. The number of hydrogen-bond acceptors (Lipinski definition) is 10. The highest BCUT2D eigenvalue weighted by molar-refractivity contribution is 5.97. The van der Waals surface area contributed by atoms with E-state index in [1.165, 1.54) is 0 Å². The van der Waals surface area contributed by atoms with Crippen LogP contribution in [0, 0.1) is 0 Å². The molecule has 0 radical (unpaired) electrons. The Morgan fingerprint density at radius 3 is 2.66 bits per heavy atom. The molecule has 0 aliphatic carbocycles. The summed E-state index contributed by atoms with van der Waals surface area (Å²) in [5.41, 5.74) is 2.98. The number of ether oxygens (including phenoxy) is 1. The van der Waals surface area contributed by atoms with Crippen molar-refractivity contribution in [3.05, 3.63) is 12.7 Å². The van der Waals surface area contributed by atoms with Crippen LogP contribution in [0.25, 0.3) is 11.2 Å². The lowest BCUT2D eigenvalue weighted by Gasteiger charge is -2.30. The molecule has 1 aliphatic heterocycles. The van der Waals surface area contributed by atoms with Gasteiger partial charge in [0.15, 0.2) is 17.0 Å². The summed E-state index contributed by atoms with van der Waals surface area (Å²) in [6, 6.07) is 0. The van der Waals surface area contributed by atoms with E-state index in [1.54, 1.807) is 0 Å². The average molecular weight is 410 g/mol.